The van der Waals surface area contributed by atoms with Gasteiger partial charge >= 0.3 is 6.18 Å². The average molecular weight is 286 g/mol. The van der Waals surface area contributed by atoms with Crippen LogP contribution in [0.5, 0.6) is 0 Å². The minimum atomic E-state index is -4.30. The fourth-order valence-corrected chi connectivity index (χ4v) is 2.40. The topological polar surface area (TPSA) is 17.1 Å². The van der Waals surface area contributed by atoms with E-state index in [-0.39, 0.29) is 11.3 Å². The first-order valence-corrected chi connectivity index (χ1v) is 6.71. The second-order valence-corrected chi connectivity index (χ2v) is 6.43. The van der Waals surface area contributed by atoms with Gasteiger partial charge in [0.15, 0.2) is 0 Å². The van der Waals surface area contributed by atoms with Crippen molar-refractivity contribution < 1.29 is 18.0 Å². The Morgan fingerprint density at radius 3 is 2.05 bits per heavy atom. The van der Waals surface area contributed by atoms with Crippen LogP contribution < -0.4 is 0 Å². The van der Waals surface area contributed by atoms with Gasteiger partial charge in [0.25, 0.3) is 0 Å². The van der Waals surface area contributed by atoms with E-state index in [4.69, 9.17) is 0 Å². The fraction of sp³-hybridized carbons (Fsp3) is 0.562. The first-order valence-electron chi connectivity index (χ1n) is 6.71. The molecule has 4 heteroatoms. The first-order chi connectivity index (χ1) is 9.12. The first kappa shape index (κ1) is 16.7. The lowest BCUT2D eigenvalue weighted by Crippen LogP contribution is -2.16. The van der Waals surface area contributed by atoms with Crippen molar-refractivity contribution in [2.75, 3.05) is 0 Å². The largest absolute Gasteiger partial charge is 0.416 e. The van der Waals surface area contributed by atoms with Crippen molar-refractivity contribution in [3.63, 3.8) is 0 Å². The predicted molar refractivity (Wildman–Crippen MR) is 73.4 cm³/mol. The summed E-state index contributed by atoms with van der Waals surface area (Å²) in [6.45, 7) is 6.28. The summed E-state index contributed by atoms with van der Waals surface area (Å²) in [6.07, 6.45) is -1.47. The summed E-state index contributed by atoms with van der Waals surface area (Å²) in [6, 6.07) is 5.21. The van der Waals surface area contributed by atoms with Crippen LogP contribution in [0.15, 0.2) is 24.3 Å². The average Bonchev–Trinajstić information content (AvgIpc) is 2.26. The van der Waals surface area contributed by atoms with Crippen LogP contribution >= 0.6 is 0 Å². The normalized spacial score (nSPS) is 14.1. The van der Waals surface area contributed by atoms with Gasteiger partial charge in [-0.25, -0.2) is 0 Å². The lowest BCUT2D eigenvalue weighted by atomic mass is 9.80. The zero-order valence-electron chi connectivity index (χ0n) is 12.1. The van der Waals surface area contributed by atoms with Crippen molar-refractivity contribution in [1.82, 2.24) is 0 Å². The summed E-state index contributed by atoms with van der Waals surface area (Å²) in [4.78, 5) is 10.7. The third-order valence-electron chi connectivity index (χ3n) is 3.14. The molecule has 0 amide bonds. The fourth-order valence-electron chi connectivity index (χ4n) is 2.40. The highest BCUT2D eigenvalue weighted by Crippen LogP contribution is 2.31. The molecule has 0 N–H and O–H groups in total. The van der Waals surface area contributed by atoms with Gasteiger partial charge < -0.3 is 4.79 Å². The van der Waals surface area contributed by atoms with Crippen molar-refractivity contribution in [1.29, 1.82) is 0 Å². The molecule has 0 spiro atoms. The molecule has 0 heterocycles. The number of benzene rings is 1. The third kappa shape index (κ3) is 5.76. The monoisotopic (exact) mass is 286 g/mol. The van der Waals surface area contributed by atoms with Gasteiger partial charge in [-0.15, -0.1) is 0 Å². The van der Waals surface area contributed by atoms with Crippen molar-refractivity contribution in [2.45, 2.75) is 46.2 Å². The summed E-state index contributed by atoms with van der Waals surface area (Å²) in [5.74, 6) is 0.171. The molecule has 0 fully saturated rings. The van der Waals surface area contributed by atoms with Crippen LogP contribution in [0, 0.1) is 11.3 Å². The molecule has 1 atom stereocenters. The van der Waals surface area contributed by atoms with E-state index in [1.165, 1.54) is 12.1 Å². The third-order valence-corrected chi connectivity index (χ3v) is 3.14. The Morgan fingerprint density at radius 1 is 1.10 bits per heavy atom. The molecule has 1 unspecified atom stereocenters. The molecule has 0 aromatic heterocycles. The quantitative estimate of drug-likeness (QED) is 0.704. The van der Waals surface area contributed by atoms with Crippen LogP contribution in [-0.4, -0.2) is 6.29 Å². The molecule has 0 radical (unpaired) electrons. The van der Waals surface area contributed by atoms with Gasteiger partial charge in [0.2, 0.25) is 0 Å². The Kier molecular flexibility index (Phi) is 5.37. The summed E-state index contributed by atoms with van der Waals surface area (Å²) < 4.78 is 37.4. The molecule has 0 aliphatic carbocycles. The second-order valence-electron chi connectivity index (χ2n) is 6.43. The Hall–Kier alpha value is -1.32. The molecule has 0 saturated carbocycles. The van der Waals surface area contributed by atoms with Crippen molar-refractivity contribution in [3.05, 3.63) is 35.4 Å². The molecule has 0 aliphatic heterocycles. The molecule has 1 nitrogen and oxygen atoms in total. The van der Waals surface area contributed by atoms with Crippen LogP contribution in [0.4, 0.5) is 13.2 Å². The molecule has 0 aliphatic rings. The van der Waals surface area contributed by atoms with Gasteiger partial charge in [-0.2, -0.15) is 13.2 Å². The number of hydrogen-bond donors (Lipinski definition) is 0. The van der Waals surface area contributed by atoms with E-state index in [0.717, 1.165) is 30.4 Å². The van der Waals surface area contributed by atoms with Gasteiger partial charge in [-0.05, 0) is 41.9 Å². The van der Waals surface area contributed by atoms with Gasteiger partial charge in [0, 0.05) is 6.42 Å². The van der Waals surface area contributed by atoms with Gasteiger partial charge in [-0.1, -0.05) is 32.9 Å². The van der Waals surface area contributed by atoms with Crippen LogP contribution in [0.3, 0.4) is 0 Å². The molecule has 0 saturated heterocycles. The highest BCUT2D eigenvalue weighted by molar-refractivity contribution is 5.49. The maximum Gasteiger partial charge on any atom is 0.416 e. The lowest BCUT2D eigenvalue weighted by molar-refractivity contribution is -0.137. The Morgan fingerprint density at radius 2 is 1.65 bits per heavy atom. The number of alkyl halides is 3. The second kappa shape index (κ2) is 6.42. The minimum Gasteiger partial charge on any atom is -0.303 e. The van der Waals surface area contributed by atoms with Crippen molar-refractivity contribution >= 4 is 6.29 Å². The summed E-state index contributed by atoms with van der Waals surface area (Å²) in [7, 11) is 0. The maximum atomic E-state index is 12.5. The number of carbonyl (C=O) groups excluding carboxylic acids is 1. The molecule has 1 rings (SSSR count). The molecular formula is C16H21F3O. The number of hydrogen-bond acceptors (Lipinski definition) is 1. The number of halogens is 3. The molecule has 1 aromatic carbocycles. The Labute approximate surface area is 118 Å². The summed E-state index contributed by atoms with van der Waals surface area (Å²) >= 11 is 0. The van der Waals surface area contributed by atoms with E-state index < -0.39 is 11.7 Å². The minimum absolute atomic E-state index is 0.0968. The van der Waals surface area contributed by atoms with E-state index in [1.807, 2.05) is 0 Å². The highest BCUT2D eigenvalue weighted by Gasteiger charge is 2.30. The van der Waals surface area contributed by atoms with Crippen LogP contribution in [0.2, 0.25) is 0 Å². The summed E-state index contributed by atoms with van der Waals surface area (Å²) in [5, 5.41) is 0. The van der Waals surface area contributed by atoms with Crippen molar-refractivity contribution in [3.8, 4) is 0 Å². The van der Waals surface area contributed by atoms with Crippen LogP contribution in [-0.2, 0) is 17.4 Å². The Balaban J connectivity index is 2.76. The Bertz CT molecular complexity index is 427. The van der Waals surface area contributed by atoms with E-state index in [1.54, 1.807) is 0 Å². The van der Waals surface area contributed by atoms with Gasteiger partial charge in [-0.3, -0.25) is 0 Å². The highest BCUT2D eigenvalue weighted by atomic mass is 19.4. The van der Waals surface area contributed by atoms with Gasteiger partial charge in [0.1, 0.15) is 6.29 Å². The molecule has 0 bridgehead atoms. The zero-order valence-corrected chi connectivity index (χ0v) is 12.1. The molecule has 112 valence electrons. The zero-order chi connectivity index (χ0) is 15.4. The number of rotatable bonds is 5. The van der Waals surface area contributed by atoms with Crippen molar-refractivity contribution in [2.24, 2.45) is 11.3 Å². The van der Waals surface area contributed by atoms with Gasteiger partial charge in [0.05, 0.1) is 5.56 Å². The summed E-state index contributed by atoms with van der Waals surface area (Å²) in [5.41, 5.74) is 0.303. The molecule has 1 aromatic rings. The van der Waals surface area contributed by atoms with Crippen LogP contribution in [0.1, 0.15) is 44.7 Å². The van der Waals surface area contributed by atoms with E-state index >= 15 is 0 Å². The predicted octanol–water partition coefficient (Wildman–Crippen LogP) is 4.89. The lowest BCUT2D eigenvalue weighted by Gasteiger charge is -2.25. The maximum absolute atomic E-state index is 12.5. The molecule has 20 heavy (non-hydrogen) atoms. The van der Waals surface area contributed by atoms with Crippen LogP contribution in [0.25, 0.3) is 0 Å². The molecular weight excluding hydrogens is 265 g/mol. The van der Waals surface area contributed by atoms with E-state index in [9.17, 15) is 18.0 Å². The SMILES string of the molecule is CC(C)(C)CC(CC=O)Cc1ccc(C(F)(F)F)cc1. The van der Waals surface area contributed by atoms with E-state index in [2.05, 4.69) is 20.8 Å². The number of aldehydes is 1. The van der Waals surface area contributed by atoms with E-state index in [0.29, 0.717) is 12.8 Å². The standard InChI is InChI=1S/C16H21F3O/c1-15(2,3)11-13(8-9-20)10-12-4-6-14(7-5-12)16(17,18)19/h4-7,9,13H,8,10-11H2,1-3H3. The number of carbonyl (C=O) groups is 1. The smallest absolute Gasteiger partial charge is 0.303 e.